The SMILES string of the molecule is O=C1CCN(CCc2ccc3c(c2)CCCO3)CC1. The zero-order chi connectivity index (χ0) is 13.1. The summed E-state index contributed by atoms with van der Waals surface area (Å²) in [5.41, 5.74) is 2.75. The van der Waals surface area contributed by atoms with Gasteiger partial charge in [0.1, 0.15) is 11.5 Å². The van der Waals surface area contributed by atoms with E-state index >= 15 is 0 Å². The molecule has 102 valence electrons. The number of likely N-dealkylation sites (tertiary alicyclic amines) is 1. The maximum Gasteiger partial charge on any atom is 0.135 e. The van der Waals surface area contributed by atoms with E-state index in [0.717, 1.165) is 64.1 Å². The molecule has 1 fully saturated rings. The molecule has 2 heterocycles. The summed E-state index contributed by atoms with van der Waals surface area (Å²) in [4.78, 5) is 13.6. The molecule has 0 N–H and O–H groups in total. The van der Waals surface area contributed by atoms with Gasteiger partial charge in [-0.2, -0.15) is 0 Å². The minimum atomic E-state index is 0.419. The molecule has 0 aliphatic carbocycles. The summed E-state index contributed by atoms with van der Waals surface area (Å²) < 4.78 is 5.64. The van der Waals surface area contributed by atoms with E-state index in [-0.39, 0.29) is 0 Å². The Labute approximate surface area is 114 Å². The molecule has 3 heteroatoms. The quantitative estimate of drug-likeness (QED) is 0.833. The third-order valence-electron chi connectivity index (χ3n) is 4.10. The van der Waals surface area contributed by atoms with E-state index in [0.29, 0.717) is 5.78 Å². The highest BCUT2D eigenvalue weighted by molar-refractivity contribution is 5.79. The van der Waals surface area contributed by atoms with Gasteiger partial charge in [-0.1, -0.05) is 12.1 Å². The molecule has 0 amide bonds. The first-order chi connectivity index (χ1) is 9.31. The van der Waals surface area contributed by atoms with Gasteiger partial charge in [-0.05, 0) is 36.5 Å². The number of carbonyl (C=O) groups is 1. The number of hydrogen-bond acceptors (Lipinski definition) is 3. The van der Waals surface area contributed by atoms with Crippen molar-refractivity contribution in [3.8, 4) is 5.75 Å². The fourth-order valence-corrected chi connectivity index (χ4v) is 2.88. The van der Waals surface area contributed by atoms with Crippen LogP contribution in [0, 0.1) is 0 Å². The normalized spacial score (nSPS) is 19.9. The van der Waals surface area contributed by atoms with Crippen molar-refractivity contribution >= 4 is 5.78 Å². The lowest BCUT2D eigenvalue weighted by Gasteiger charge is -2.26. The van der Waals surface area contributed by atoms with Crippen LogP contribution in [-0.4, -0.2) is 36.9 Å². The summed E-state index contributed by atoms with van der Waals surface area (Å²) >= 11 is 0. The Kier molecular flexibility index (Phi) is 3.83. The Morgan fingerprint density at radius 2 is 2.00 bits per heavy atom. The van der Waals surface area contributed by atoms with Gasteiger partial charge >= 0.3 is 0 Å². The summed E-state index contributed by atoms with van der Waals surface area (Å²) in [6.45, 7) is 3.79. The number of piperidine rings is 1. The van der Waals surface area contributed by atoms with Crippen LogP contribution in [0.4, 0.5) is 0 Å². The first-order valence-corrected chi connectivity index (χ1v) is 7.30. The molecule has 2 aliphatic rings. The summed E-state index contributed by atoms with van der Waals surface area (Å²) in [6.07, 6.45) is 4.81. The van der Waals surface area contributed by atoms with E-state index in [1.165, 1.54) is 11.1 Å². The Balaban J connectivity index is 1.56. The minimum absolute atomic E-state index is 0.419. The molecule has 0 atom stereocenters. The van der Waals surface area contributed by atoms with Crippen LogP contribution >= 0.6 is 0 Å². The molecule has 0 saturated carbocycles. The largest absolute Gasteiger partial charge is 0.493 e. The van der Waals surface area contributed by atoms with Crippen LogP contribution in [0.3, 0.4) is 0 Å². The summed E-state index contributed by atoms with van der Waals surface area (Å²) in [6, 6.07) is 6.59. The number of ketones is 1. The molecule has 0 spiro atoms. The van der Waals surface area contributed by atoms with Gasteiger partial charge in [-0.25, -0.2) is 0 Å². The highest BCUT2D eigenvalue weighted by Crippen LogP contribution is 2.25. The van der Waals surface area contributed by atoms with E-state index in [1.807, 2.05) is 0 Å². The number of fused-ring (bicyclic) bond motifs is 1. The van der Waals surface area contributed by atoms with Crippen molar-refractivity contribution in [2.24, 2.45) is 0 Å². The van der Waals surface area contributed by atoms with Crippen molar-refractivity contribution in [2.75, 3.05) is 26.2 Å². The monoisotopic (exact) mass is 259 g/mol. The number of rotatable bonds is 3. The number of ether oxygens (including phenoxy) is 1. The Morgan fingerprint density at radius 1 is 1.16 bits per heavy atom. The van der Waals surface area contributed by atoms with Gasteiger partial charge in [0, 0.05) is 32.5 Å². The van der Waals surface area contributed by atoms with Gasteiger partial charge in [0.2, 0.25) is 0 Å². The number of hydrogen-bond donors (Lipinski definition) is 0. The summed E-state index contributed by atoms with van der Waals surface area (Å²) in [7, 11) is 0. The number of Topliss-reactive ketones (excluding diaryl/α,β-unsaturated/α-hetero) is 1. The van der Waals surface area contributed by atoms with E-state index in [9.17, 15) is 4.79 Å². The second-order valence-electron chi connectivity index (χ2n) is 5.52. The van der Waals surface area contributed by atoms with Gasteiger partial charge in [-0.15, -0.1) is 0 Å². The molecule has 1 saturated heterocycles. The van der Waals surface area contributed by atoms with E-state index in [4.69, 9.17) is 4.74 Å². The fourth-order valence-electron chi connectivity index (χ4n) is 2.88. The molecular weight excluding hydrogens is 238 g/mol. The second-order valence-corrected chi connectivity index (χ2v) is 5.52. The van der Waals surface area contributed by atoms with Crippen molar-refractivity contribution in [2.45, 2.75) is 32.1 Å². The molecule has 0 bridgehead atoms. The Hall–Kier alpha value is -1.35. The topological polar surface area (TPSA) is 29.5 Å². The number of nitrogens with zero attached hydrogens (tertiary/aromatic N) is 1. The fraction of sp³-hybridized carbons (Fsp3) is 0.562. The molecule has 19 heavy (non-hydrogen) atoms. The number of carbonyl (C=O) groups excluding carboxylic acids is 1. The Morgan fingerprint density at radius 3 is 2.84 bits per heavy atom. The molecular formula is C16H21NO2. The minimum Gasteiger partial charge on any atom is -0.493 e. The average molecular weight is 259 g/mol. The molecule has 1 aromatic carbocycles. The molecule has 3 rings (SSSR count). The van der Waals surface area contributed by atoms with E-state index < -0.39 is 0 Å². The third kappa shape index (κ3) is 3.16. The van der Waals surface area contributed by atoms with Gasteiger partial charge in [0.25, 0.3) is 0 Å². The average Bonchev–Trinajstić information content (AvgIpc) is 2.46. The number of benzene rings is 1. The van der Waals surface area contributed by atoms with Crippen molar-refractivity contribution < 1.29 is 9.53 Å². The zero-order valence-corrected chi connectivity index (χ0v) is 11.4. The lowest BCUT2D eigenvalue weighted by atomic mass is 10.0. The van der Waals surface area contributed by atoms with Crippen molar-refractivity contribution in [1.29, 1.82) is 0 Å². The maximum absolute atomic E-state index is 11.2. The van der Waals surface area contributed by atoms with Crippen LogP contribution in [0.1, 0.15) is 30.4 Å². The van der Waals surface area contributed by atoms with Crippen LogP contribution in [0.5, 0.6) is 5.75 Å². The van der Waals surface area contributed by atoms with Crippen LogP contribution in [0.2, 0.25) is 0 Å². The molecule has 0 unspecified atom stereocenters. The van der Waals surface area contributed by atoms with Gasteiger partial charge in [0.15, 0.2) is 0 Å². The first-order valence-electron chi connectivity index (χ1n) is 7.30. The van der Waals surface area contributed by atoms with Crippen LogP contribution in [0.25, 0.3) is 0 Å². The van der Waals surface area contributed by atoms with Gasteiger partial charge in [0.05, 0.1) is 6.61 Å². The Bertz CT molecular complexity index is 460. The summed E-state index contributed by atoms with van der Waals surface area (Å²) in [5.74, 6) is 1.49. The first kappa shape index (κ1) is 12.7. The van der Waals surface area contributed by atoms with Gasteiger partial charge in [-0.3, -0.25) is 4.79 Å². The van der Waals surface area contributed by atoms with Crippen molar-refractivity contribution in [3.63, 3.8) is 0 Å². The molecule has 0 aromatic heterocycles. The molecule has 1 aromatic rings. The lowest BCUT2D eigenvalue weighted by Crippen LogP contribution is -2.35. The van der Waals surface area contributed by atoms with E-state index in [1.54, 1.807) is 0 Å². The highest BCUT2D eigenvalue weighted by atomic mass is 16.5. The lowest BCUT2D eigenvalue weighted by molar-refractivity contribution is -0.121. The molecule has 2 aliphatic heterocycles. The molecule has 3 nitrogen and oxygen atoms in total. The second kappa shape index (κ2) is 5.74. The molecule has 0 radical (unpaired) electrons. The smallest absolute Gasteiger partial charge is 0.135 e. The van der Waals surface area contributed by atoms with Crippen molar-refractivity contribution in [1.82, 2.24) is 4.90 Å². The van der Waals surface area contributed by atoms with Crippen molar-refractivity contribution in [3.05, 3.63) is 29.3 Å². The van der Waals surface area contributed by atoms with Crippen LogP contribution in [0.15, 0.2) is 18.2 Å². The number of aryl methyl sites for hydroxylation is 1. The van der Waals surface area contributed by atoms with Crippen LogP contribution < -0.4 is 4.74 Å². The maximum atomic E-state index is 11.2. The van der Waals surface area contributed by atoms with Gasteiger partial charge < -0.3 is 9.64 Å². The zero-order valence-electron chi connectivity index (χ0n) is 11.4. The third-order valence-corrected chi connectivity index (χ3v) is 4.10. The van der Waals surface area contributed by atoms with Crippen LogP contribution in [-0.2, 0) is 17.6 Å². The van der Waals surface area contributed by atoms with E-state index in [2.05, 4.69) is 23.1 Å². The highest BCUT2D eigenvalue weighted by Gasteiger charge is 2.16. The predicted molar refractivity (Wildman–Crippen MR) is 74.6 cm³/mol. The predicted octanol–water partition coefficient (Wildman–Crippen LogP) is 2.22. The summed E-state index contributed by atoms with van der Waals surface area (Å²) in [5, 5.41) is 0. The standard InChI is InChI=1S/C16H21NO2/c18-15-6-9-17(10-7-15)8-5-13-3-4-16-14(12-13)2-1-11-19-16/h3-4,12H,1-2,5-11H2.